The molecule has 1 N–H and O–H groups in total. The summed E-state index contributed by atoms with van der Waals surface area (Å²) in [5.74, 6) is 0.0751. The van der Waals surface area contributed by atoms with Gasteiger partial charge in [0.2, 0.25) is 0 Å². The molecule has 0 saturated carbocycles. The quantitative estimate of drug-likeness (QED) is 0.668. The largest absolute Gasteiger partial charge is 0.508 e. The zero-order chi connectivity index (χ0) is 15.2. The average molecular weight is 303 g/mol. The van der Waals surface area contributed by atoms with E-state index in [9.17, 15) is 9.90 Å². The fourth-order valence-corrected chi connectivity index (χ4v) is 1.99. The maximum absolute atomic E-state index is 12.0. The number of benzene rings is 2. The number of halogens is 1. The average Bonchev–Trinajstić information content (AvgIpc) is 2.48. The van der Waals surface area contributed by atoms with Gasteiger partial charge in [-0.3, -0.25) is 4.79 Å². The van der Waals surface area contributed by atoms with E-state index in [1.807, 2.05) is 0 Å². The number of phenols is 1. The summed E-state index contributed by atoms with van der Waals surface area (Å²) in [4.78, 5) is 12.0. The van der Waals surface area contributed by atoms with Gasteiger partial charge in [0.25, 0.3) is 0 Å². The smallest absolute Gasteiger partial charge is 0.185 e. The number of hydrogen-bond donors (Lipinski definition) is 1. The number of rotatable bonds is 5. The summed E-state index contributed by atoms with van der Waals surface area (Å²) >= 11 is 5.79. The molecule has 0 atom stereocenters. The molecule has 0 spiro atoms. The third-order valence-electron chi connectivity index (χ3n) is 2.96. The molecule has 0 bridgehead atoms. The number of ketones is 1. The van der Waals surface area contributed by atoms with Gasteiger partial charge in [0.05, 0.1) is 6.61 Å². The summed E-state index contributed by atoms with van der Waals surface area (Å²) in [7, 11) is 1.56. The number of aromatic hydroxyl groups is 1. The number of allylic oxidation sites excluding steroid dienone is 1. The van der Waals surface area contributed by atoms with E-state index < -0.39 is 0 Å². The molecule has 0 fully saturated rings. The minimum atomic E-state index is -0.104. The Morgan fingerprint density at radius 1 is 1.24 bits per heavy atom. The van der Waals surface area contributed by atoms with Crippen molar-refractivity contribution in [2.75, 3.05) is 7.11 Å². The van der Waals surface area contributed by atoms with Gasteiger partial charge in [0, 0.05) is 23.3 Å². The Labute approximate surface area is 128 Å². The van der Waals surface area contributed by atoms with Gasteiger partial charge in [0.15, 0.2) is 5.78 Å². The molecule has 0 aliphatic rings. The first kappa shape index (κ1) is 15.3. The molecule has 0 aliphatic heterocycles. The molecule has 2 aromatic rings. The highest BCUT2D eigenvalue weighted by Crippen LogP contribution is 2.20. The van der Waals surface area contributed by atoms with Crippen LogP contribution in [0.4, 0.5) is 0 Å². The zero-order valence-electron chi connectivity index (χ0n) is 11.5. The predicted molar refractivity (Wildman–Crippen MR) is 83.6 cm³/mol. The highest BCUT2D eigenvalue weighted by Gasteiger charge is 2.03. The molecule has 0 aromatic heterocycles. The van der Waals surface area contributed by atoms with Crippen molar-refractivity contribution in [1.29, 1.82) is 0 Å². The van der Waals surface area contributed by atoms with Crippen LogP contribution in [0.5, 0.6) is 5.75 Å². The standard InChI is InChI=1S/C17H15ClO3/c1-21-11-14-10-12(3-9-17(14)20)2-8-16(19)13-4-6-15(18)7-5-13/h2-10,20H,11H2,1H3/b8-2+. The first-order valence-electron chi connectivity index (χ1n) is 6.39. The van der Waals surface area contributed by atoms with Gasteiger partial charge in [-0.1, -0.05) is 23.7 Å². The van der Waals surface area contributed by atoms with E-state index in [2.05, 4.69) is 0 Å². The minimum absolute atomic E-state index is 0.104. The SMILES string of the molecule is COCc1cc(/C=C/C(=O)c2ccc(Cl)cc2)ccc1O. The Kier molecular flexibility index (Phi) is 5.14. The number of ether oxygens (including phenoxy) is 1. The molecule has 0 unspecified atom stereocenters. The normalized spacial score (nSPS) is 11.0. The van der Waals surface area contributed by atoms with E-state index in [0.717, 1.165) is 5.56 Å². The van der Waals surface area contributed by atoms with Crippen LogP contribution in [0.25, 0.3) is 6.08 Å². The Hall–Kier alpha value is -2.10. The van der Waals surface area contributed by atoms with Crippen molar-refractivity contribution >= 4 is 23.5 Å². The van der Waals surface area contributed by atoms with E-state index >= 15 is 0 Å². The number of carbonyl (C=O) groups excluding carboxylic acids is 1. The molecule has 0 amide bonds. The lowest BCUT2D eigenvalue weighted by Gasteiger charge is -2.04. The second-order valence-corrected chi connectivity index (χ2v) is 4.96. The molecule has 0 aliphatic carbocycles. The van der Waals surface area contributed by atoms with E-state index in [1.165, 1.54) is 6.08 Å². The summed E-state index contributed by atoms with van der Waals surface area (Å²) in [6.45, 7) is 0.318. The second kappa shape index (κ2) is 7.07. The van der Waals surface area contributed by atoms with Crippen molar-refractivity contribution in [3.63, 3.8) is 0 Å². The molecular formula is C17H15ClO3. The Morgan fingerprint density at radius 2 is 1.95 bits per heavy atom. The highest BCUT2D eigenvalue weighted by atomic mass is 35.5. The Bertz CT molecular complexity index is 660. The van der Waals surface area contributed by atoms with Crippen molar-refractivity contribution in [3.05, 3.63) is 70.3 Å². The highest BCUT2D eigenvalue weighted by molar-refractivity contribution is 6.30. The summed E-state index contributed by atoms with van der Waals surface area (Å²) < 4.78 is 5.01. The van der Waals surface area contributed by atoms with Gasteiger partial charge in [0.1, 0.15) is 5.75 Å². The zero-order valence-corrected chi connectivity index (χ0v) is 12.3. The van der Waals surface area contributed by atoms with Gasteiger partial charge >= 0.3 is 0 Å². The molecule has 0 heterocycles. The first-order chi connectivity index (χ1) is 10.1. The lowest BCUT2D eigenvalue weighted by molar-refractivity contribution is 0.104. The third-order valence-corrected chi connectivity index (χ3v) is 3.21. The summed E-state index contributed by atoms with van der Waals surface area (Å²) in [6.07, 6.45) is 3.20. The van der Waals surface area contributed by atoms with Gasteiger partial charge in [-0.2, -0.15) is 0 Å². The van der Waals surface area contributed by atoms with Gasteiger partial charge in [-0.05, 0) is 48.0 Å². The number of phenolic OH excluding ortho intramolecular Hbond substituents is 1. The van der Waals surface area contributed by atoms with Gasteiger partial charge < -0.3 is 9.84 Å². The molecule has 0 saturated heterocycles. The van der Waals surface area contributed by atoms with Gasteiger partial charge in [-0.15, -0.1) is 0 Å². The topological polar surface area (TPSA) is 46.5 Å². The van der Waals surface area contributed by atoms with E-state index in [1.54, 1.807) is 55.7 Å². The molecule has 4 heteroatoms. The van der Waals surface area contributed by atoms with Crippen molar-refractivity contribution in [2.24, 2.45) is 0 Å². The molecule has 21 heavy (non-hydrogen) atoms. The van der Waals surface area contributed by atoms with Crippen LogP contribution in [0.1, 0.15) is 21.5 Å². The maximum atomic E-state index is 12.0. The van der Waals surface area contributed by atoms with Crippen molar-refractivity contribution in [2.45, 2.75) is 6.61 Å². The van der Waals surface area contributed by atoms with E-state index in [4.69, 9.17) is 16.3 Å². The summed E-state index contributed by atoms with van der Waals surface area (Å²) in [5, 5.41) is 10.3. The lowest BCUT2D eigenvalue weighted by Crippen LogP contribution is -1.93. The van der Waals surface area contributed by atoms with E-state index in [-0.39, 0.29) is 11.5 Å². The molecule has 3 nitrogen and oxygen atoms in total. The first-order valence-corrected chi connectivity index (χ1v) is 6.77. The Balaban J connectivity index is 2.15. The van der Waals surface area contributed by atoms with Crippen LogP contribution in [0.3, 0.4) is 0 Å². The van der Waals surface area contributed by atoms with Crippen LogP contribution < -0.4 is 0 Å². The fraction of sp³-hybridized carbons (Fsp3) is 0.118. The molecule has 2 rings (SSSR count). The summed E-state index contributed by atoms with van der Waals surface area (Å²) in [5.41, 5.74) is 2.08. The number of carbonyl (C=O) groups is 1. The van der Waals surface area contributed by atoms with E-state index in [0.29, 0.717) is 22.8 Å². The van der Waals surface area contributed by atoms with Crippen LogP contribution in [-0.2, 0) is 11.3 Å². The Morgan fingerprint density at radius 3 is 2.62 bits per heavy atom. The minimum Gasteiger partial charge on any atom is -0.508 e. The van der Waals surface area contributed by atoms with Crippen LogP contribution in [-0.4, -0.2) is 18.0 Å². The van der Waals surface area contributed by atoms with Crippen molar-refractivity contribution in [3.8, 4) is 5.75 Å². The van der Waals surface area contributed by atoms with Gasteiger partial charge in [-0.25, -0.2) is 0 Å². The third kappa shape index (κ3) is 4.18. The van der Waals surface area contributed by atoms with Crippen molar-refractivity contribution < 1.29 is 14.6 Å². The number of hydrogen-bond acceptors (Lipinski definition) is 3. The fourth-order valence-electron chi connectivity index (χ4n) is 1.86. The van der Waals surface area contributed by atoms with Crippen LogP contribution >= 0.6 is 11.6 Å². The molecular weight excluding hydrogens is 288 g/mol. The molecule has 0 radical (unpaired) electrons. The second-order valence-electron chi connectivity index (χ2n) is 4.53. The predicted octanol–water partition coefficient (Wildman–Crippen LogP) is 4.09. The van der Waals surface area contributed by atoms with Crippen LogP contribution in [0.15, 0.2) is 48.5 Å². The monoisotopic (exact) mass is 302 g/mol. The summed E-state index contributed by atoms with van der Waals surface area (Å²) in [6, 6.07) is 11.8. The molecule has 2 aromatic carbocycles. The molecule has 108 valence electrons. The van der Waals surface area contributed by atoms with Crippen LogP contribution in [0, 0.1) is 0 Å². The van der Waals surface area contributed by atoms with Crippen molar-refractivity contribution in [1.82, 2.24) is 0 Å². The lowest BCUT2D eigenvalue weighted by atomic mass is 10.1. The van der Waals surface area contributed by atoms with Crippen LogP contribution in [0.2, 0.25) is 5.02 Å². The number of methoxy groups -OCH3 is 1. The maximum Gasteiger partial charge on any atom is 0.185 e.